The Kier molecular flexibility index (Phi) is 6.36. The van der Waals surface area contributed by atoms with Gasteiger partial charge in [0.1, 0.15) is 18.7 Å². The Balaban J connectivity index is 1.45. The summed E-state index contributed by atoms with van der Waals surface area (Å²) in [7, 11) is 0. The van der Waals surface area contributed by atoms with Crippen LogP contribution in [-0.2, 0) is 19.1 Å². The van der Waals surface area contributed by atoms with E-state index in [1.54, 1.807) is 0 Å². The lowest BCUT2D eigenvalue weighted by Crippen LogP contribution is -2.58. The number of hydrogen-bond acceptors (Lipinski definition) is 7. The molecule has 1 aliphatic heterocycles. The molecule has 1 fully saturated rings. The first-order valence-electron chi connectivity index (χ1n) is 10.8. The van der Waals surface area contributed by atoms with E-state index in [2.05, 4.69) is 5.43 Å². The second-order valence-electron chi connectivity index (χ2n) is 8.29. The lowest BCUT2D eigenvalue weighted by molar-refractivity contribution is -0.157. The third kappa shape index (κ3) is 4.17. The number of nitrogens with zero attached hydrogens (tertiary/aromatic N) is 1. The molecule has 2 aromatic rings. The molecule has 1 aliphatic carbocycles. The van der Waals surface area contributed by atoms with Gasteiger partial charge in [-0.2, -0.15) is 0 Å². The number of hydrogen-bond donors (Lipinski definition) is 3. The van der Waals surface area contributed by atoms with E-state index in [1.807, 2.05) is 48.5 Å². The van der Waals surface area contributed by atoms with Crippen molar-refractivity contribution in [3.8, 4) is 11.1 Å². The monoisotopic (exact) mass is 437 g/mol. The smallest absolute Gasteiger partial charge is 0.376 e. The van der Waals surface area contributed by atoms with E-state index in [1.165, 1.54) is 11.9 Å². The number of primary amides is 1. The molecule has 0 saturated carbocycles. The van der Waals surface area contributed by atoms with Crippen LogP contribution in [0.1, 0.15) is 36.8 Å². The number of nitrogens with one attached hydrogen (secondary N) is 1. The molecule has 0 bridgehead atoms. The van der Waals surface area contributed by atoms with Gasteiger partial charge < -0.3 is 15.6 Å². The van der Waals surface area contributed by atoms with Crippen LogP contribution in [0.5, 0.6) is 0 Å². The van der Waals surface area contributed by atoms with E-state index in [9.17, 15) is 19.5 Å². The molecule has 0 spiro atoms. The van der Waals surface area contributed by atoms with Crippen molar-refractivity contribution in [1.82, 2.24) is 10.4 Å². The summed E-state index contributed by atoms with van der Waals surface area (Å²) in [6.07, 6.45) is 0.0948. The van der Waals surface area contributed by atoms with Crippen LogP contribution in [0.4, 0.5) is 0 Å². The summed E-state index contributed by atoms with van der Waals surface area (Å²) < 4.78 is 5.42. The number of fused-ring (bicyclic) bond motifs is 3. The third-order valence-corrected chi connectivity index (χ3v) is 6.20. The van der Waals surface area contributed by atoms with E-state index >= 15 is 0 Å². The maximum atomic E-state index is 12.8. The Morgan fingerprint density at radius 1 is 1.12 bits per heavy atom. The summed E-state index contributed by atoms with van der Waals surface area (Å²) in [4.78, 5) is 37.1. The van der Waals surface area contributed by atoms with Crippen LogP contribution in [0.15, 0.2) is 48.5 Å². The van der Waals surface area contributed by atoms with Crippen LogP contribution in [-0.4, -0.2) is 59.1 Å². The van der Waals surface area contributed by atoms with E-state index in [0.717, 1.165) is 22.3 Å². The first-order chi connectivity index (χ1) is 15.4. The summed E-state index contributed by atoms with van der Waals surface area (Å²) >= 11 is 0. The molecule has 2 aromatic carbocycles. The standard InChI is InChI=1S/C24H27N3O5/c1-14(28)21(26-27-12-6-11-20(27)23(25)30)22(29)24(31)32-13-19-17-9-4-2-7-15(17)16-8-3-5-10-18(16)19/h2-5,7-10,14,19-21,26,28H,6,11-13H2,1H3,(H2,25,30)/t14-,20+,21+/m1/s1. The second-order valence-corrected chi connectivity index (χ2v) is 8.29. The van der Waals surface area contributed by atoms with Gasteiger partial charge in [0.2, 0.25) is 5.91 Å². The Morgan fingerprint density at radius 3 is 2.28 bits per heavy atom. The number of rotatable bonds is 8. The highest BCUT2D eigenvalue weighted by molar-refractivity contribution is 6.35. The fraction of sp³-hybridized carbons (Fsp3) is 0.375. The van der Waals surface area contributed by atoms with E-state index in [0.29, 0.717) is 19.4 Å². The maximum Gasteiger partial charge on any atom is 0.376 e. The van der Waals surface area contributed by atoms with Gasteiger partial charge in [-0.15, -0.1) is 0 Å². The van der Waals surface area contributed by atoms with Gasteiger partial charge in [0.05, 0.1) is 6.10 Å². The highest BCUT2D eigenvalue weighted by Crippen LogP contribution is 2.44. The maximum absolute atomic E-state index is 12.8. The van der Waals surface area contributed by atoms with E-state index < -0.39 is 35.8 Å². The minimum atomic E-state index is -1.23. The van der Waals surface area contributed by atoms with Crippen molar-refractivity contribution in [3.63, 3.8) is 0 Å². The predicted molar refractivity (Wildman–Crippen MR) is 117 cm³/mol. The van der Waals surface area contributed by atoms with Gasteiger partial charge in [0, 0.05) is 12.5 Å². The zero-order valence-electron chi connectivity index (χ0n) is 17.9. The number of nitrogens with two attached hydrogens (primary N) is 1. The molecule has 2 aliphatic rings. The minimum absolute atomic E-state index is 0.0127. The molecule has 168 valence electrons. The van der Waals surface area contributed by atoms with Gasteiger partial charge >= 0.3 is 5.97 Å². The molecule has 0 aromatic heterocycles. The van der Waals surface area contributed by atoms with Crippen LogP contribution in [0.2, 0.25) is 0 Å². The fourth-order valence-electron chi connectivity index (χ4n) is 4.58. The molecule has 0 radical (unpaired) electrons. The van der Waals surface area contributed by atoms with Crippen molar-refractivity contribution in [2.75, 3.05) is 13.2 Å². The van der Waals surface area contributed by atoms with Crippen LogP contribution >= 0.6 is 0 Å². The minimum Gasteiger partial charge on any atom is -0.459 e. The molecule has 1 amide bonds. The number of ether oxygens (including phenoxy) is 1. The Morgan fingerprint density at radius 2 is 1.72 bits per heavy atom. The van der Waals surface area contributed by atoms with E-state index in [4.69, 9.17) is 10.5 Å². The van der Waals surface area contributed by atoms with Crippen molar-refractivity contribution in [1.29, 1.82) is 0 Å². The lowest BCUT2D eigenvalue weighted by Gasteiger charge is -2.29. The Hall–Kier alpha value is -3.07. The highest BCUT2D eigenvalue weighted by atomic mass is 16.5. The predicted octanol–water partition coefficient (Wildman–Crippen LogP) is 1.11. The average Bonchev–Trinajstić information content (AvgIpc) is 3.38. The molecular formula is C24H27N3O5. The summed E-state index contributed by atoms with van der Waals surface area (Å²) in [6.45, 7) is 1.90. The largest absolute Gasteiger partial charge is 0.459 e. The van der Waals surface area contributed by atoms with Crippen molar-refractivity contribution >= 4 is 17.7 Å². The van der Waals surface area contributed by atoms with Crippen LogP contribution in [0, 0.1) is 0 Å². The van der Waals surface area contributed by atoms with Crippen LogP contribution in [0.25, 0.3) is 11.1 Å². The Labute approximate surface area is 186 Å². The molecule has 1 saturated heterocycles. The van der Waals surface area contributed by atoms with E-state index in [-0.39, 0.29) is 12.5 Å². The van der Waals surface area contributed by atoms with Crippen molar-refractivity contribution in [2.24, 2.45) is 5.73 Å². The Bertz CT molecular complexity index is 992. The van der Waals surface area contributed by atoms with Gasteiger partial charge in [-0.1, -0.05) is 48.5 Å². The van der Waals surface area contributed by atoms with Crippen molar-refractivity contribution in [2.45, 2.75) is 43.9 Å². The SMILES string of the molecule is C[C@@H](O)[C@H](NN1CCC[C@H]1C(N)=O)C(=O)C(=O)OCC1c2ccccc2-c2ccccc21. The summed E-state index contributed by atoms with van der Waals surface area (Å²) in [5, 5.41) is 11.6. The van der Waals surface area contributed by atoms with Gasteiger partial charge in [0.15, 0.2) is 0 Å². The third-order valence-electron chi connectivity index (χ3n) is 6.20. The number of Topliss-reactive ketones (excluding diaryl/α,β-unsaturated/α-hetero) is 1. The van der Waals surface area contributed by atoms with Crippen LogP contribution in [0.3, 0.4) is 0 Å². The van der Waals surface area contributed by atoms with Gasteiger partial charge in [0.25, 0.3) is 5.78 Å². The summed E-state index contributed by atoms with van der Waals surface area (Å²) in [6, 6.07) is 14.0. The highest BCUT2D eigenvalue weighted by Gasteiger charge is 2.37. The molecule has 3 atom stereocenters. The molecule has 32 heavy (non-hydrogen) atoms. The quantitative estimate of drug-likeness (QED) is 0.418. The first kappa shape index (κ1) is 22.1. The number of ketones is 1. The number of amides is 1. The average molecular weight is 437 g/mol. The molecule has 0 unspecified atom stereocenters. The number of benzene rings is 2. The van der Waals surface area contributed by atoms with Gasteiger partial charge in [-0.3, -0.25) is 9.59 Å². The number of hydrazine groups is 1. The molecular weight excluding hydrogens is 410 g/mol. The molecule has 8 heteroatoms. The summed E-state index contributed by atoms with van der Waals surface area (Å²) in [5.74, 6) is -2.61. The first-order valence-corrected chi connectivity index (χ1v) is 10.8. The van der Waals surface area contributed by atoms with Gasteiger partial charge in [-0.25, -0.2) is 15.2 Å². The van der Waals surface area contributed by atoms with Crippen molar-refractivity contribution in [3.05, 3.63) is 59.7 Å². The fourth-order valence-corrected chi connectivity index (χ4v) is 4.58. The van der Waals surface area contributed by atoms with Crippen LogP contribution < -0.4 is 11.2 Å². The second kappa shape index (κ2) is 9.20. The molecule has 1 heterocycles. The number of carbonyl (C=O) groups is 3. The number of aliphatic hydroxyl groups excluding tert-OH is 1. The number of carbonyl (C=O) groups excluding carboxylic acids is 3. The summed E-state index contributed by atoms with van der Waals surface area (Å²) in [5.41, 5.74) is 12.5. The van der Waals surface area contributed by atoms with Gasteiger partial charge in [-0.05, 0) is 42.0 Å². The molecule has 4 rings (SSSR count). The molecule has 4 N–H and O–H groups in total. The zero-order chi connectivity index (χ0) is 22.8. The number of aliphatic hydroxyl groups is 1. The number of esters is 1. The van der Waals surface area contributed by atoms with Crippen molar-refractivity contribution < 1.29 is 24.2 Å². The normalized spacial score (nSPS) is 19.8. The molecule has 8 nitrogen and oxygen atoms in total. The lowest BCUT2D eigenvalue weighted by atomic mass is 9.98. The topological polar surface area (TPSA) is 122 Å². The zero-order valence-corrected chi connectivity index (χ0v) is 17.9.